The number of rotatable bonds is 6. The summed E-state index contributed by atoms with van der Waals surface area (Å²) in [7, 11) is 0. The van der Waals surface area contributed by atoms with Crippen molar-refractivity contribution in [1.29, 1.82) is 0 Å². The Labute approximate surface area is 128 Å². The Balaban J connectivity index is 1.82. The minimum atomic E-state index is -0.467. The number of ether oxygens (including phenoxy) is 1. The van der Waals surface area contributed by atoms with E-state index in [0.29, 0.717) is 16.9 Å². The Morgan fingerprint density at radius 2 is 2.29 bits per heavy atom. The van der Waals surface area contributed by atoms with Gasteiger partial charge in [-0.25, -0.2) is 9.78 Å². The second kappa shape index (κ2) is 7.18. The highest BCUT2D eigenvalue weighted by Crippen LogP contribution is 2.17. The Kier molecular flexibility index (Phi) is 5.28. The Morgan fingerprint density at radius 3 is 2.95 bits per heavy atom. The number of aromatic amines is 1. The SMILES string of the molecule is CCOC(=O)c1cnc(SCC(=O)Nc2nnc(C)s2)[nH]1. The number of aryl methyl sites for hydroxylation is 1. The summed E-state index contributed by atoms with van der Waals surface area (Å²) < 4.78 is 4.84. The van der Waals surface area contributed by atoms with Crippen molar-refractivity contribution in [2.45, 2.75) is 19.0 Å². The van der Waals surface area contributed by atoms with Crippen molar-refractivity contribution < 1.29 is 14.3 Å². The first kappa shape index (κ1) is 15.4. The molecule has 2 rings (SSSR count). The first-order chi connectivity index (χ1) is 10.1. The smallest absolute Gasteiger partial charge is 0.356 e. The van der Waals surface area contributed by atoms with E-state index in [4.69, 9.17) is 4.74 Å². The molecule has 0 saturated carbocycles. The quantitative estimate of drug-likeness (QED) is 0.610. The van der Waals surface area contributed by atoms with Crippen LogP contribution in [-0.4, -0.2) is 44.4 Å². The summed E-state index contributed by atoms with van der Waals surface area (Å²) in [6.07, 6.45) is 1.38. The highest BCUT2D eigenvalue weighted by Gasteiger charge is 2.12. The molecule has 2 N–H and O–H groups in total. The van der Waals surface area contributed by atoms with Gasteiger partial charge in [0.25, 0.3) is 0 Å². The van der Waals surface area contributed by atoms with Gasteiger partial charge in [-0.15, -0.1) is 10.2 Å². The van der Waals surface area contributed by atoms with Gasteiger partial charge in [-0.05, 0) is 13.8 Å². The van der Waals surface area contributed by atoms with Crippen molar-refractivity contribution in [2.75, 3.05) is 17.7 Å². The van der Waals surface area contributed by atoms with Crippen molar-refractivity contribution >= 4 is 40.1 Å². The molecule has 0 spiro atoms. The Bertz CT molecular complexity index is 639. The molecule has 0 saturated heterocycles. The Morgan fingerprint density at radius 1 is 1.48 bits per heavy atom. The standard InChI is InChI=1S/C11H13N5O3S2/c1-3-19-9(18)7-4-12-10(13-7)20-5-8(17)14-11-16-15-6(2)21-11/h4H,3,5H2,1-2H3,(H,12,13)(H,14,16,17). The molecular formula is C11H13N5O3S2. The van der Waals surface area contributed by atoms with Crippen LogP contribution < -0.4 is 5.32 Å². The molecule has 2 aromatic rings. The second-order valence-electron chi connectivity index (χ2n) is 3.79. The van der Waals surface area contributed by atoms with Crippen LogP contribution in [0.2, 0.25) is 0 Å². The molecule has 21 heavy (non-hydrogen) atoms. The number of aromatic nitrogens is 4. The van der Waals surface area contributed by atoms with E-state index in [0.717, 1.165) is 5.01 Å². The van der Waals surface area contributed by atoms with Crippen molar-refractivity contribution in [1.82, 2.24) is 20.2 Å². The number of carbonyl (C=O) groups excluding carboxylic acids is 2. The summed E-state index contributed by atoms with van der Waals surface area (Å²) in [5.74, 6) is -0.537. The van der Waals surface area contributed by atoms with E-state index in [2.05, 4.69) is 25.5 Å². The molecule has 2 heterocycles. The molecule has 1 amide bonds. The van der Waals surface area contributed by atoms with Gasteiger partial charge in [0.2, 0.25) is 11.0 Å². The van der Waals surface area contributed by atoms with Crippen LogP contribution in [0.4, 0.5) is 5.13 Å². The van der Waals surface area contributed by atoms with Crippen LogP contribution in [0.5, 0.6) is 0 Å². The molecule has 0 aliphatic carbocycles. The highest BCUT2D eigenvalue weighted by molar-refractivity contribution is 7.99. The molecule has 10 heteroatoms. The topological polar surface area (TPSA) is 110 Å². The maximum atomic E-state index is 11.7. The number of anilines is 1. The van der Waals surface area contributed by atoms with Gasteiger partial charge in [-0.1, -0.05) is 23.1 Å². The molecule has 2 aromatic heterocycles. The number of esters is 1. The predicted octanol–water partition coefficient (Wildman–Crippen LogP) is 1.48. The molecule has 0 atom stereocenters. The van der Waals surface area contributed by atoms with Gasteiger partial charge in [-0.3, -0.25) is 10.1 Å². The molecule has 0 unspecified atom stereocenters. The lowest BCUT2D eigenvalue weighted by molar-refractivity contribution is -0.113. The zero-order chi connectivity index (χ0) is 15.2. The number of thioether (sulfide) groups is 1. The van der Waals surface area contributed by atoms with Gasteiger partial charge in [0.15, 0.2) is 5.16 Å². The first-order valence-electron chi connectivity index (χ1n) is 6.03. The number of hydrogen-bond donors (Lipinski definition) is 2. The summed E-state index contributed by atoms with van der Waals surface area (Å²) in [5, 5.41) is 12.0. The summed E-state index contributed by atoms with van der Waals surface area (Å²) in [6, 6.07) is 0. The van der Waals surface area contributed by atoms with E-state index in [-0.39, 0.29) is 17.4 Å². The van der Waals surface area contributed by atoms with Gasteiger partial charge in [0.05, 0.1) is 18.6 Å². The lowest BCUT2D eigenvalue weighted by Gasteiger charge is -1.99. The first-order valence-corrected chi connectivity index (χ1v) is 7.83. The average molecular weight is 327 g/mol. The minimum Gasteiger partial charge on any atom is -0.461 e. The fourth-order valence-corrected chi connectivity index (χ4v) is 2.58. The van der Waals surface area contributed by atoms with E-state index in [9.17, 15) is 9.59 Å². The number of nitrogens with one attached hydrogen (secondary N) is 2. The zero-order valence-electron chi connectivity index (χ0n) is 11.4. The van der Waals surface area contributed by atoms with Crippen LogP contribution in [-0.2, 0) is 9.53 Å². The summed E-state index contributed by atoms with van der Waals surface area (Å²) in [4.78, 5) is 30.0. The number of nitrogens with zero attached hydrogens (tertiary/aromatic N) is 3. The van der Waals surface area contributed by atoms with Crippen LogP contribution in [0.15, 0.2) is 11.4 Å². The summed E-state index contributed by atoms with van der Waals surface area (Å²) >= 11 is 2.48. The van der Waals surface area contributed by atoms with Gasteiger partial charge in [0.1, 0.15) is 10.7 Å². The molecule has 0 radical (unpaired) electrons. The van der Waals surface area contributed by atoms with Gasteiger partial charge in [0, 0.05) is 0 Å². The van der Waals surface area contributed by atoms with Crippen molar-refractivity contribution in [3.63, 3.8) is 0 Å². The zero-order valence-corrected chi connectivity index (χ0v) is 13.0. The third-order valence-electron chi connectivity index (χ3n) is 2.16. The minimum absolute atomic E-state index is 0.147. The molecule has 0 aliphatic heterocycles. The Hall–Kier alpha value is -1.94. The lowest BCUT2D eigenvalue weighted by Crippen LogP contribution is -2.14. The van der Waals surface area contributed by atoms with Crippen LogP contribution in [0, 0.1) is 6.92 Å². The number of H-pyrrole nitrogens is 1. The van der Waals surface area contributed by atoms with E-state index in [1.54, 1.807) is 6.92 Å². The van der Waals surface area contributed by atoms with Crippen LogP contribution >= 0.6 is 23.1 Å². The van der Waals surface area contributed by atoms with Gasteiger partial charge in [-0.2, -0.15) is 0 Å². The van der Waals surface area contributed by atoms with E-state index in [1.807, 2.05) is 6.92 Å². The van der Waals surface area contributed by atoms with E-state index in [1.165, 1.54) is 29.3 Å². The van der Waals surface area contributed by atoms with Crippen LogP contribution in [0.3, 0.4) is 0 Å². The van der Waals surface area contributed by atoms with Crippen molar-refractivity contribution in [3.8, 4) is 0 Å². The normalized spacial score (nSPS) is 10.4. The number of imidazole rings is 1. The predicted molar refractivity (Wildman–Crippen MR) is 78.5 cm³/mol. The monoisotopic (exact) mass is 327 g/mol. The molecule has 0 aliphatic rings. The van der Waals surface area contributed by atoms with Gasteiger partial charge >= 0.3 is 5.97 Å². The lowest BCUT2D eigenvalue weighted by atomic mass is 10.5. The fourth-order valence-electron chi connectivity index (χ4n) is 1.33. The summed E-state index contributed by atoms with van der Waals surface area (Å²) in [6.45, 7) is 3.83. The molecular weight excluding hydrogens is 314 g/mol. The van der Waals surface area contributed by atoms with E-state index >= 15 is 0 Å². The third-order valence-corrected chi connectivity index (χ3v) is 3.80. The molecule has 8 nitrogen and oxygen atoms in total. The third kappa shape index (κ3) is 4.53. The molecule has 0 fully saturated rings. The van der Waals surface area contributed by atoms with Crippen LogP contribution in [0.1, 0.15) is 22.4 Å². The number of amides is 1. The second-order valence-corrected chi connectivity index (χ2v) is 5.93. The average Bonchev–Trinajstić information content (AvgIpc) is 3.06. The van der Waals surface area contributed by atoms with E-state index < -0.39 is 5.97 Å². The highest BCUT2D eigenvalue weighted by atomic mass is 32.2. The van der Waals surface area contributed by atoms with Crippen molar-refractivity contribution in [3.05, 3.63) is 16.9 Å². The van der Waals surface area contributed by atoms with Crippen molar-refractivity contribution in [2.24, 2.45) is 0 Å². The van der Waals surface area contributed by atoms with Crippen LogP contribution in [0.25, 0.3) is 0 Å². The largest absolute Gasteiger partial charge is 0.461 e. The molecule has 0 bridgehead atoms. The maximum Gasteiger partial charge on any atom is 0.356 e. The van der Waals surface area contributed by atoms with Gasteiger partial charge < -0.3 is 9.72 Å². The fraction of sp³-hybridized carbons (Fsp3) is 0.364. The molecule has 0 aromatic carbocycles. The maximum absolute atomic E-state index is 11.7. The molecule has 112 valence electrons. The number of carbonyl (C=O) groups is 2. The summed E-state index contributed by atoms with van der Waals surface area (Å²) in [5.41, 5.74) is 0.263. The number of hydrogen-bond acceptors (Lipinski definition) is 8.